The number of benzene rings is 1. The summed E-state index contributed by atoms with van der Waals surface area (Å²) < 4.78 is 11.5. The molecule has 1 heterocycles. The third kappa shape index (κ3) is 1.24. The van der Waals surface area contributed by atoms with Crippen LogP contribution in [-0.2, 0) is 11.2 Å². The number of nitrogens with two attached hydrogens (primary N) is 1. The molecule has 0 bridgehead atoms. The van der Waals surface area contributed by atoms with Gasteiger partial charge in [-0.1, -0.05) is 18.2 Å². The summed E-state index contributed by atoms with van der Waals surface area (Å²) in [6.07, 6.45) is 0.837. The van der Waals surface area contributed by atoms with Gasteiger partial charge in [0.05, 0.1) is 0 Å². The van der Waals surface area contributed by atoms with Crippen LogP contribution in [0.5, 0.6) is 0 Å². The molecule has 1 aromatic rings. The summed E-state index contributed by atoms with van der Waals surface area (Å²) in [6.45, 7) is 0. The fourth-order valence-corrected chi connectivity index (χ4v) is 2.89. The lowest BCUT2D eigenvalue weighted by Gasteiger charge is -2.23. The zero-order valence-electron chi connectivity index (χ0n) is 6.69. The Morgan fingerprint density at radius 2 is 2.17 bits per heavy atom. The topological polar surface area (TPSA) is 49.1 Å². The highest BCUT2D eigenvalue weighted by molar-refractivity contribution is 7.91. The number of rotatable bonds is 0. The van der Waals surface area contributed by atoms with Gasteiger partial charge in [-0.15, -0.1) is 0 Å². The average Bonchev–Trinajstić information content (AvgIpc) is 2.12. The van der Waals surface area contributed by atoms with Gasteiger partial charge >= 0.3 is 0 Å². The SMILES string of the molecule is NC1CC[S+]([O-])c2ccccc21. The van der Waals surface area contributed by atoms with Gasteiger partial charge in [-0.25, -0.2) is 0 Å². The summed E-state index contributed by atoms with van der Waals surface area (Å²) in [4.78, 5) is 0.927. The van der Waals surface area contributed by atoms with Gasteiger partial charge in [-0.2, -0.15) is 0 Å². The smallest absolute Gasteiger partial charge is 0.157 e. The first kappa shape index (κ1) is 8.10. The Kier molecular flexibility index (Phi) is 2.09. The Balaban J connectivity index is 2.47. The van der Waals surface area contributed by atoms with Crippen LogP contribution < -0.4 is 5.73 Å². The van der Waals surface area contributed by atoms with Crippen molar-refractivity contribution in [2.45, 2.75) is 17.4 Å². The molecule has 0 saturated heterocycles. The Bertz CT molecular complexity index is 261. The third-order valence-electron chi connectivity index (χ3n) is 2.18. The minimum Gasteiger partial charge on any atom is -0.611 e. The van der Waals surface area contributed by atoms with Crippen LogP contribution in [0.15, 0.2) is 29.2 Å². The Hall–Kier alpha value is -0.510. The van der Waals surface area contributed by atoms with E-state index in [0.29, 0.717) is 5.75 Å². The van der Waals surface area contributed by atoms with Crippen molar-refractivity contribution in [2.75, 3.05) is 5.75 Å². The van der Waals surface area contributed by atoms with Crippen LogP contribution in [-0.4, -0.2) is 10.3 Å². The molecule has 12 heavy (non-hydrogen) atoms. The minimum absolute atomic E-state index is 0.0823. The molecule has 2 N–H and O–H groups in total. The van der Waals surface area contributed by atoms with Gasteiger partial charge in [0.1, 0.15) is 5.75 Å². The molecule has 0 saturated carbocycles. The molecule has 3 heteroatoms. The van der Waals surface area contributed by atoms with Crippen molar-refractivity contribution in [1.29, 1.82) is 0 Å². The van der Waals surface area contributed by atoms with E-state index in [0.717, 1.165) is 16.9 Å². The second-order valence-electron chi connectivity index (χ2n) is 2.98. The molecule has 2 atom stereocenters. The summed E-state index contributed by atoms with van der Waals surface area (Å²) in [5.41, 5.74) is 6.93. The van der Waals surface area contributed by atoms with Crippen LogP contribution >= 0.6 is 0 Å². The van der Waals surface area contributed by atoms with Gasteiger partial charge in [0.25, 0.3) is 0 Å². The zero-order chi connectivity index (χ0) is 8.55. The summed E-state index contributed by atoms with van der Waals surface area (Å²) in [5, 5.41) is 0. The molecule has 2 rings (SSSR count). The standard InChI is InChI=1S/C9H11NOS/c10-8-5-6-12(11)9-4-2-1-3-7(8)9/h1-4,8H,5-6,10H2. The predicted molar refractivity (Wildman–Crippen MR) is 49.3 cm³/mol. The number of fused-ring (bicyclic) bond motifs is 1. The molecule has 1 aromatic carbocycles. The maximum Gasteiger partial charge on any atom is 0.157 e. The van der Waals surface area contributed by atoms with Crippen molar-refractivity contribution in [2.24, 2.45) is 5.73 Å². The zero-order valence-corrected chi connectivity index (χ0v) is 7.51. The van der Waals surface area contributed by atoms with Crippen LogP contribution in [0, 0.1) is 0 Å². The molecule has 1 aliphatic heterocycles. The molecule has 0 aliphatic carbocycles. The van der Waals surface area contributed by atoms with Gasteiger partial charge < -0.3 is 10.3 Å². The van der Waals surface area contributed by atoms with Gasteiger partial charge in [-0.3, -0.25) is 0 Å². The molecule has 2 unspecified atom stereocenters. The Morgan fingerprint density at radius 1 is 1.42 bits per heavy atom. The van der Waals surface area contributed by atoms with Crippen molar-refractivity contribution in [1.82, 2.24) is 0 Å². The molecule has 1 aliphatic rings. The second kappa shape index (κ2) is 3.09. The van der Waals surface area contributed by atoms with Crippen LogP contribution in [0.3, 0.4) is 0 Å². The summed E-state index contributed by atoms with van der Waals surface area (Å²) >= 11 is -0.816. The van der Waals surface area contributed by atoms with Crippen LogP contribution in [0.4, 0.5) is 0 Å². The van der Waals surface area contributed by atoms with Gasteiger partial charge in [0.15, 0.2) is 4.90 Å². The van der Waals surface area contributed by atoms with Crippen molar-refractivity contribution >= 4 is 11.2 Å². The van der Waals surface area contributed by atoms with Crippen LogP contribution in [0.1, 0.15) is 18.0 Å². The van der Waals surface area contributed by atoms with E-state index in [1.165, 1.54) is 0 Å². The van der Waals surface area contributed by atoms with Crippen LogP contribution in [0.25, 0.3) is 0 Å². The van der Waals surface area contributed by atoms with E-state index in [1.54, 1.807) is 0 Å². The first-order chi connectivity index (χ1) is 5.79. The number of hydrogen-bond donors (Lipinski definition) is 1. The summed E-state index contributed by atoms with van der Waals surface area (Å²) in [7, 11) is 0. The fraction of sp³-hybridized carbons (Fsp3) is 0.333. The number of hydrogen-bond acceptors (Lipinski definition) is 2. The third-order valence-corrected chi connectivity index (χ3v) is 3.65. The predicted octanol–water partition coefficient (Wildman–Crippen LogP) is 1.20. The molecule has 0 fully saturated rings. The van der Waals surface area contributed by atoms with Crippen molar-refractivity contribution in [3.8, 4) is 0 Å². The molecule has 0 amide bonds. The monoisotopic (exact) mass is 181 g/mol. The molecule has 2 nitrogen and oxygen atoms in total. The molecule has 64 valence electrons. The molecular formula is C9H11NOS. The van der Waals surface area contributed by atoms with E-state index in [-0.39, 0.29) is 6.04 Å². The Morgan fingerprint density at radius 3 is 2.92 bits per heavy atom. The summed E-state index contributed by atoms with van der Waals surface area (Å²) in [6, 6.07) is 7.82. The van der Waals surface area contributed by atoms with Gasteiger partial charge in [0, 0.05) is 18.0 Å². The molecule has 0 aromatic heterocycles. The summed E-state index contributed by atoms with van der Waals surface area (Å²) in [5.74, 6) is 0.707. The fourth-order valence-electron chi connectivity index (χ4n) is 1.49. The van der Waals surface area contributed by atoms with Gasteiger partial charge in [0.2, 0.25) is 0 Å². The van der Waals surface area contributed by atoms with E-state index in [1.807, 2.05) is 24.3 Å². The lowest BCUT2D eigenvalue weighted by atomic mass is 10.1. The highest BCUT2D eigenvalue weighted by atomic mass is 32.2. The van der Waals surface area contributed by atoms with Crippen LogP contribution in [0.2, 0.25) is 0 Å². The quantitative estimate of drug-likeness (QED) is 0.611. The van der Waals surface area contributed by atoms with E-state index in [2.05, 4.69) is 0 Å². The maximum atomic E-state index is 11.5. The highest BCUT2D eigenvalue weighted by Crippen LogP contribution is 2.29. The lowest BCUT2D eigenvalue weighted by Crippen LogP contribution is -2.24. The molecule has 0 spiro atoms. The normalized spacial score (nSPS) is 28.2. The maximum absolute atomic E-state index is 11.5. The van der Waals surface area contributed by atoms with E-state index in [4.69, 9.17) is 5.73 Å². The first-order valence-corrected chi connectivity index (χ1v) is 5.34. The molecule has 0 radical (unpaired) electrons. The second-order valence-corrected chi connectivity index (χ2v) is 4.52. The van der Waals surface area contributed by atoms with Crippen molar-refractivity contribution in [3.05, 3.63) is 29.8 Å². The van der Waals surface area contributed by atoms with E-state index in [9.17, 15) is 4.55 Å². The highest BCUT2D eigenvalue weighted by Gasteiger charge is 2.26. The largest absolute Gasteiger partial charge is 0.611 e. The van der Waals surface area contributed by atoms with Crippen molar-refractivity contribution < 1.29 is 4.55 Å². The lowest BCUT2D eigenvalue weighted by molar-refractivity contribution is 0.568. The Labute approximate surface area is 75.0 Å². The van der Waals surface area contributed by atoms with Gasteiger partial charge in [-0.05, 0) is 17.2 Å². The molecular weight excluding hydrogens is 170 g/mol. The average molecular weight is 181 g/mol. The van der Waals surface area contributed by atoms with Crippen molar-refractivity contribution in [3.63, 3.8) is 0 Å². The first-order valence-electron chi connectivity index (χ1n) is 4.02. The van der Waals surface area contributed by atoms with E-state index < -0.39 is 11.2 Å². The minimum atomic E-state index is -0.816. The van der Waals surface area contributed by atoms with E-state index >= 15 is 0 Å².